The summed E-state index contributed by atoms with van der Waals surface area (Å²) in [6.07, 6.45) is -0.953. The predicted molar refractivity (Wildman–Crippen MR) is 84.5 cm³/mol. The molecule has 0 bridgehead atoms. The van der Waals surface area contributed by atoms with E-state index in [1.807, 2.05) is 19.1 Å². The number of rotatable bonds is 4. The number of hydrogen-bond donors (Lipinski definition) is 0. The quantitative estimate of drug-likeness (QED) is 0.599. The van der Waals surface area contributed by atoms with E-state index in [1.54, 1.807) is 12.1 Å². The number of Topliss-reactive ketones (excluding diaryl/α,β-unsaturated/α-hetero) is 1. The molecule has 0 aliphatic carbocycles. The molecule has 0 aliphatic heterocycles. The first-order valence-electron chi connectivity index (χ1n) is 6.65. The maximum Gasteiger partial charge on any atom is 0.340 e. The van der Waals surface area contributed by atoms with Crippen LogP contribution in [0.2, 0.25) is 0 Å². The van der Waals surface area contributed by atoms with E-state index in [1.165, 1.54) is 19.1 Å². The molecular formula is C17H14BrFO3. The van der Waals surface area contributed by atoms with Gasteiger partial charge in [-0.15, -0.1) is 0 Å². The molecule has 0 saturated carbocycles. The molecule has 114 valence electrons. The van der Waals surface area contributed by atoms with Gasteiger partial charge in [0.05, 0.1) is 5.56 Å². The lowest BCUT2D eigenvalue weighted by Gasteiger charge is -2.13. The van der Waals surface area contributed by atoms with E-state index >= 15 is 0 Å². The molecule has 0 amide bonds. The second-order valence-electron chi connectivity index (χ2n) is 4.90. The molecule has 1 atom stereocenters. The highest BCUT2D eigenvalue weighted by atomic mass is 79.9. The van der Waals surface area contributed by atoms with E-state index in [0.29, 0.717) is 10.0 Å². The molecule has 0 fully saturated rings. The third kappa shape index (κ3) is 3.80. The van der Waals surface area contributed by atoms with Crippen LogP contribution < -0.4 is 0 Å². The number of ketones is 1. The van der Waals surface area contributed by atoms with Crippen molar-refractivity contribution in [1.29, 1.82) is 0 Å². The summed E-state index contributed by atoms with van der Waals surface area (Å²) in [7, 11) is 0. The number of carbonyl (C=O) groups excluding carboxylic acids is 2. The molecule has 0 aliphatic rings. The monoisotopic (exact) mass is 364 g/mol. The maximum absolute atomic E-state index is 13.2. The molecule has 5 heteroatoms. The van der Waals surface area contributed by atoms with Crippen molar-refractivity contribution in [3.05, 3.63) is 69.4 Å². The van der Waals surface area contributed by atoms with Gasteiger partial charge in [-0.1, -0.05) is 29.8 Å². The molecule has 0 radical (unpaired) electrons. The Balaban J connectivity index is 2.12. The van der Waals surface area contributed by atoms with Crippen LogP contribution >= 0.6 is 15.9 Å². The average Bonchev–Trinajstić information content (AvgIpc) is 2.49. The summed E-state index contributed by atoms with van der Waals surface area (Å²) in [6, 6.07) is 10.7. The van der Waals surface area contributed by atoms with Crippen LogP contribution in [0.4, 0.5) is 4.39 Å². The molecule has 0 aromatic heterocycles. The summed E-state index contributed by atoms with van der Waals surface area (Å²) in [6.45, 7) is 3.41. The number of hydrogen-bond acceptors (Lipinski definition) is 3. The van der Waals surface area contributed by atoms with Crippen LogP contribution in [-0.4, -0.2) is 17.9 Å². The van der Waals surface area contributed by atoms with Gasteiger partial charge < -0.3 is 4.74 Å². The number of benzene rings is 2. The minimum absolute atomic E-state index is 0.0450. The Bertz CT molecular complexity index is 710. The van der Waals surface area contributed by atoms with Crippen LogP contribution in [0.15, 0.2) is 46.9 Å². The van der Waals surface area contributed by atoms with Crippen LogP contribution in [-0.2, 0) is 4.74 Å². The molecule has 0 N–H and O–H groups in total. The second kappa shape index (κ2) is 6.83. The van der Waals surface area contributed by atoms with Crippen LogP contribution in [0, 0.1) is 12.7 Å². The Kier molecular flexibility index (Phi) is 5.08. The van der Waals surface area contributed by atoms with E-state index in [2.05, 4.69) is 15.9 Å². The van der Waals surface area contributed by atoms with Crippen molar-refractivity contribution in [2.24, 2.45) is 0 Å². The van der Waals surface area contributed by atoms with Crippen molar-refractivity contribution >= 4 is 27.7 Å². The predicted octanol–water partition coefficient (Wildman–Crippen LogP) is 4.32. The smallest absolute Gasteiger partial charge is 0.340 e. The Labute approximate surface area is 136 Å². The Morgan fingerprint density at radius 1 is 1.14 bits per heavy atom. The number of esters is 1. The van der Waals surface area contributed by atoms with E-state index < -0.39 is 17.9 Å². The summed E-state index contributed by atoms with van der Waals surface area (Å²) >= 11 is 3.16. The first-order valence-corrected chi connectivity index (χ1v) is 7.44. The molecule has 0 unspecified atom stereocenters. The SMILES string of the molecule is Cc1ccc(C(=O)[C@H](C)OC(=O)c2cc(F)ccc2Br)cc1. The van der Waals surface area contributed by atoms with Gasteiger partial charge in [0, 0.05) is 10.0 Å². The van der Waals surface area contributed by atoms with Gasteiger partial charge in [0.15, 0.2) is 6.10 Å². The van der Waals surface area contributed by atoms with Gasteiger partial charge in [-0.25, -0.2) is 9.18 Å². The highest BCUT2D eigenvalue weighted by Gasteiger charge is 2.21. The van der Waals surface area contributed by atoms with Crippen LogP contribution in [0.3, 0.4) is 0 Å². The molecule has 2 aromatic rings. The first-order chi connectivity index (χ1) is 10.4. The zero-order chi connectivity index (χ0) is 16.3. The molecule has 22 heavy (non-hydrogen) atoms. The van der Waals surface area contributed by atoms with Gasteiger partial charge >= 0.3 is 5.97 Å². The van der Waals surface area contributed by atoms with Gasteiger partial charge in [-0.3, -0.25) is 4.79 Å². The highest BCUT2D eigenvalue weighted by Crippen LogP contribution is 2.20. The number of carbonyl (C=O) groups is 2. The van der Waals surface area contributed by atoms with E-state index in [-0.39, 0.29) is 11.3 Å². The standard InChI is InChI=1S/C17H14BrFO3/c1-10-3-5-12(6-4-10)16(20)11(2)22-17(21)14-9-13(19)7-8-15(14)18/h3-9,11H,1-2H3/t11-/m0/s1. The van der Waals surface area contributed by atoms with Crippen LogP contribution in [0.25, 0.3) is 0 Å². The fourth-order valence-electron chi connectivity index (χ4n) is 1.88. The highest BCUT2D eigenvalue weighted by molar-refractivity contribution is 9.10. The summed E-state index contributed by atoms with van der Waals surface area (Å²) in [4.78, 5) is 24.3. The average molecular weight is 365 g/mol. The third-order valence-electron chi connectivity index (χ3n) is 3.14. The summed E-state index contributed by atoms with van der Waals surface area (Å²) < 4.78 is 18.8. The number of halogens is 2. The molecular weight excluding hydrogens is 351 g/mol. The number of ether oxygens (including phenoxy) is 1. The van der Waals surface area contributed by atoms with E-state index in [0.717, 1.165) is 11.6 Å². The summed E-state index contributed by atoms with van der Waals surface area (Å²) in [5, 5.41) is 0. The maximum atomic E-state index is 13.2. The van der Waals surface area contributed by atoms with Gasteiger partial charge in [-0.05, 0) is 48.0 Å². The molecule has 2 aromatic carbocycles. The topological polar surface area (TPSA) is 43.4 Å². The Hall–Kier alpha value is -2.01. The van der Waals surface area contributed by atoms with Crippen molar-refractivity contribution in [2.45, 2.75) is 20.0 Å². The summed E-state index contributed by atoms with van der Waals surface area (Å²) in [5.74, 6) is -1.60. The fraction of sp³-hybridized carbons (Fsp3) is 0.176. The third-order valence-corrected chi connectivity index (χ3v) is 3.83. The van der Waals surface area contributed by atoms with Crippen molar-refractivity contribution in [1.82, 2.24) is 0 Å². The lowest BCUT2D eigenvalue weighted by molar-refractivity contribution is 0.0317. The fourth-order valence-corrected chi connectivity index (χ4v) is 2.29. The van der Waals surface area contributed by atoms with Gasteiger partial charge in [0.2, 0.25) is 5.78 Å². The first kappa shape index (κ1) is 16.4. The van der Waals surface area contributed by atoms with Gasteiger partial charge in [0.1, 0.15) is 5.82 Å². The minimum atomic E-state index is -0.953. The van der Waals surface area contributed by atoms with Crippen LogP contribution in [0.5, 0.6) is 0 Å². The molecule has 2 rings (SSSR count). The van der Waals surface area contributed by atoms with Gasteiger partial charge in [-0.2, -0.15) is 0 Å². The Morgan fingerprint density at radius 2 is 1.77 bits per heavy atom. The van der Waals surface area contributed by atoms with Crippen molar-refractivity contribution in [3.63, 3.8) is 0 Å². The van der Waals surface area contributed by atoms with Crippen molar-refractivity contribution in [3.8, 4) is 0 Å². The molecule has 0 spiro atoms. The lowest BCUT2D eigenvalue weighted by atomic mass is 10.1. The molecule has 3 nitrogen and oxygen atoms in total. The normalized spacial score (nSPS) is 11.8. The van der Waals surface area contributed by atoms with Gasteiger partial charge in [0.25, 0.3) is 0 Å². The summed E-state index contributed by atoms with van der Waals surface area (Å²) in [5.41, 5.74) is 1.54. The molecule has 0 heterocycles. The van der Waals surface area contributed by atoms with Crippen LogP contribution in [0.1, 0.15) is 33.2 Å². The minimum Gasteiger partial charge on any atom is -0.451 e. The second-order valence-corrected chi connectivity index (χ2v) is 5.76. The lowest BCUT2D eigenvalue weighted by Crippen LogP contribution is -2.24. The van der Waals surface area contributed by atoms with Crippen molar-refractivity contribution in [2.75, 3.05) is 0 Å². The molecule has 0 saturated heterocycles. The zero-order valence-electron chi connectivity index (χ0n) is 12.1. The van der Waals surface area contributed by atoms with E-state index in [4.69, 9.17) is 4.74 Å². The van der Waals surface area contributed by atoms with Crippen molar-refractivity contribution < 1.29 is 18.7 Å². The number of aryl methyl sites for hydroxylation is 1. The van der Waals surface area contributed by atoms with E-state index in [9.17, 15) is 14.0 Å². The Morgan fingerprint density at radius 3 is 2.41 bits per heavy atom. The largest absolute Gasteiger partial charge is 0.451 e. The zero-order valence-corrected chi connectivity index (χ0v) is 13.7.